The SMILES string of the molecule is CCOc1cc(C)nc(N2CCN(CC(=O)O)CC2)n1. The van der Waals surface area contributed by atoms with Crippen LogP contribution in [0.2, 0.25) is 0 Å². The van der Waals surface area contributed by atoms with Gasteiger partial charge in [-0.05, 0) is 13.8 Å². The molecule has 110 valence electrons. The number of aryl methyl sites for hydroxylation is 1. The van der Waals surface area contributed by atoms with Gasteiger partial charge in [-0.15, -0.1) is 0 Å². The Balaban J connectivity index is 2.01. The summed E-state index contributed by atoms with van der Waals surface area (Å²) in [4.78, 5) is 23.5. The lowest BCUT2D eigenvalue weighted by molar-refractivity contribution is -0.138. The number of carbonyl (C=O) groups is 1. The van der Waals surface area contributed by atoms with E-state index in [1.807, 2.05) is 24.8 Å². The maximum Gasteiger partial charge on any atom is 0.317 e. The van der Waals surface area contributed by atoms with E-state index >= 15 is 0 Å². The molecule has 0 radical (unpaired) electrons. The van der Waals surface area contributed by atoms with Gasteiger partial charge in [0.25, 0.3) is 0 Å². The maximum absolute atomic E-state index is 10.7. The number of aromatic nitrogens is 2. The van der Waals surface area contributed by atoms with Crippen LogP contribution in [0.25, 0.3) is 0 Å². The Morgan fingerprint density at radius 2 is 2.05 bits per heavy atom. The van der Waals surface area contributed by atoms with Crippen LogP contribution in [0.4, 0.5) is 5.95 Å². The molecule has 1 aliphatic heterocycles. The first-order chi connectivity index (χ1) is 9.58. The van der Waals surface area contributed by atoms with Gasteiger partial charge in [0.15, 0.2) is 0 Å². The molecule has 0 bridgehead atoms. The third-order valence-electron chi connectivity index (χ3n) is 3.13. The monoisotopic (exact) mass is 280 g/mol. The fraction of sp³-hybridized carbons (Fsp3) is 0.615. The largest absolute Gasteiger partial charge is 0.480 e. The van der Waals surface area contributed by atoms with Gasteiger partial charge in [0.1, 0.15) is 0 Å². The molecule has 1 saturated heterocycles. The molecule has 1 aliphatic rings. The average Bonchev–Trinajstić information content (AvgIpc) is 2.38. The van der Waals surface area contributed by atoms with Crippen LogP contribution in [-0.4, -0.2) is 65.3 Å². The second-order valence-corrected chi connectivity index (χ2v) is 4.74. The van der Waals surface area contributed by atoms with Gasteiger partial charge in [0.2, 0.25) is 11.8 Å². The van der Waals surface area contributed by atoms with Crippen LogP contribution in [0.5, 0.6) is 5.88 Å². The summed E-state index contributed by atoms with van der Waals surface area (Å²) in [6, 6.07) is 1.81. The first kappa shape index (κ1) is 14.5. The molecule has 2 rings (SSSR count). The first-order valence-electron chi connectivity index (χ1n) is 6.76. The van der Waals surface area contributed by atoms with Crippen molar-refractivity contribution in [2.45, 2.75) is 13.8 Å². The summed E-state index contributed by atoms with van der Waals surface area (Å²) in [5.41, 5.74) is 0.867. The number of aliphatic carboxylic acids is 1. The van der Waals surface area contributed by atoms with Crippen molar-refractivity contribution in [3.63, 3.8) is 0 Å². The minimum Gasteiger partial charge on any atom is -0.480 e. The van der Waals surface area contributed by atoms with E-state index in [1.165, 1.54) is 0 Å². The number of carboxylic acid groups (broad SMARTS) is 1. The number of ether oxygens (including phenoxy) is 1. The minimum atomic E-state index is -0.788. The number of carboxylic acids is 1. The molecule has 0 saturated carbocycles. The number of nitrogens with zero attached hydrogens (tertiary/aromatic N) is 4. The molecule has 20 heavy (non-hydrogen) atoms. The fourth-order valence-corrected chi connectivity index (χ4v) is 2.19. The van der Waals surface area contributed by atoms with E-state index in [2.05, 4.69) is 14.9 Å². The summed E-state index contributed by atoms with van der Waals surface area (Å²) >= 11 is 0. The van der Waals surface area contributed by atoms with Gasteiger partial charge in [-0.3, -0.25) is 9.69 Å². The van der Waals surface area contributed by atoms with E-state index in [1.54, 1.807) is 0 Å². The van der Waals surface area contributed by atoms with E-state index in [0.29, 0.717) is 31.5 Å². The highest BCUT2D eigenvalue weighted by Gasteiger charge is 2.21. The predicted octanol–water partition coefficient (Wildman–Crippen LogP) is 0.390. The summed E-state index contributed by atoms with van der Waals surface area (Å²) < 4.78 is 5.43. The summed E-state index contributed by atoms with van der Waals surface area (Å²) in [5, 5.41) is 8.78. The zero-order valence-corrected chi connectivity index (χ0v) is 11.9. The van der Waals surface area contributed by atoms with Crippen LogP contribution in [0.1, 0.15) is 12.6 Å². The summed E-state index contributed by atoms with van der Waals surface area (Å²) in [7, 11) is 0. The van der Waals surface area contributed by atoms with Crippen LogP contribution >= 0.6 is 0 Å². The molecule has 0 unspecified atom stereocenters. The zero-order valence-electron chi connectivity index (χ0n) is 11.9. The molecule has 0 aliphatic carbocycles. The van der Waals surface area contributed by atoms with Gasteiger partial charge < -0.3 is 14.7 Å². The van der Waals surface area contributed by atoms with Gasteiger partial charge in [-0.2, -0.15) is 4.98 Å². The molecule has 2 heterocycles. The van der Waals surface area contributed by atoms with Gasteiger partial charge in [0.05, 0.1) is 13.2 Å². The van der Waals surface area contributed by atoms with Gasteiger partial charge in [0, 0.05) is 37.9 Å². The van der Waals surface area contributed by atoms with E-state index in [4.69, 9.17) is 9.84 Å². The lowest BCUT2D eigenvalue weighted by atomic mass is 10.3. The molecule has 7 nitrogen and oxygen atoms in total. The summed E-state index contributed by atoms with van der Waals surface area (Å²) in [6.07, 6.45) is 0. The fourth-order valence-electron chi connectivity index (χ4n) is 2.19. The molecule has 0 aromatic carbocycles. The Labute approximate surface area is 118 Å². The Kier molecular flexibility index (Phi) is 4.73. The standard InChI is InChI=1S/C13H20N4O3/c1-3-20-11-8-10(2)14-13(15-11)17-6-4-16(5-7-17)9-12(18)19/h8H,3-7,9H2,1-2H3,(H,18,19). The first-order valence-corrected chi connectivity index (χ1v) is 6.76. The van der Waals surface area contributed by atoms with Crippen LogP contribution < -0.4 is 9.64 Å². The second kappa shape index (κ2) is 6.51. The average molecular weight is 280 g/mol. The summed E-state index contributed by atoms with van der Waals surface area (Å²) in [6.45, 7) is 7.34. The topological polar surface area (TPSA) is 78.8 Å². The van der Waals surface area contributed by atoms with E-state index in [0.717, 1.165) is 18.8 Å². The van der Waals surface area contributed by atoms with Gasteiger partial charge >= 0.3 is 5.97 Å². The Bertz CT molecular complexity index is 473. The lowest BCUT2D eigenvalue weighted by Gasteiger charge is -2.33. The number of hydrogen-bond acceptors (Lipinski definition) is 6. The third kappa shape index (κ3) is 3.80. The van der Waals surface area contributed by atoms with E-state index < -0.39 is 5.97 Å². The van der Waals surface area contributed by atoms with E-state index in [-0.39, 0.29) is 6.54 Å². The number of rotatable bonds is 5. The van der Waals surface area contributed by atoms with Gasteiger partial charge in [-0.25, -0.2) is 4.98 Å². The highest BCUT2D eigenvalue weighted by Crippen LogP contribution is 2.17. The second-order valence-electron chi connectivity index (χ2n) is 4.74. The highest BCUT2D eigenvalue weighted by atomic mass is 16.5. The predicted molar refractivity (Wildman–Crippen MR) is 74.2 cm³/mol. The van der Waals surface area contributed by atoms with Crippen LogP contribution in [0, 0.1) is 6.92 Å². The van der Waals surface area contributed by atoms with Crippen molar-refractivity contribution in [1.29, 1.82) is 0 Å². The molecule has 0 spiro atoms. The van der Waals surface area contributed by atoms with Crippen molar-refractivity contribution < 1.29 is 14.6 Å². The number of anilines is 1. The third-order valence-corrected chi connectivity index (χ3v) is 3.13. The summed E-state index contributed by atoms with van der Waals surface area (Å²) in [5.74, 6) is 0.454. The molecule has 1 aromatic heterocycles. The molecule has 0 amide bonds. The number of hydrogen-bond donors (Lipinski definition) is 1. The van der Waals surface area contributed by atoms with Crippen molar-refractivity contribution >= 4 is 11.9 Å². The lowest BCUT2D eigenvalue weighted by Crippen LogP contribution is -2.48. The molecular formula is C13H20N4O3. The van der Waals surface area contributed by atoms with Gasteiger partial charge in [-0.1, -0.05) is 0 Å². The van der Waals surface area contributed by atoms with Crippen molar-refractivity contribution in [2.75, 3.05) is 44.2 Å². The Morgan fingerprint density at radius 3 is 2.65 bits per heavy atom. The Hall–Kier alpha value is -1.89. The number of piperazine rings is 1. The van der Waals surface area contributed by atoms with Crippen molar-refractivity contribution in [2.24, 2.45) is 0 Å². The van der Waals surface area contributed by atoms with Crippen molar-refractivity contribution in [1.82, 2.24) is 14.9 Å². The molecule has 1 N–H and O–H groups in total. The van der Waals surface area contributed by atoms with Crippen molar-refractivity contribution in [3.05, 3.63) is 11.8 Å². The molecule has 7 heteroatoms. The minimum absolute atomic E-state index is 0.0900. The quantitative estimate of drug-likeness (QED) is 0.835. The molecule has 0 atom stereocenters. The zero-order chi connectivity index (χ0) is 14.5. The highest BCUT2D eigenvalue weighted by molar-refractivity contribution is 5.69. The smallest absolute Gasteiger partial charge is 0.317 e. The normalized spacial score (nSPS) is 16.2. The Morgan fingerprint density at radius 1 is 1.35 bits per heavy atom. The maximum atomic E-state index is 10.7. The van der Waals surface area contributed by atoms with Crippen LogP contribution in [-0.2, 0) is 4.79 Å². The van der Waals surface area contributed by atoms with Crippen molar-refractivity contribution in [3.8, 4) is 5.88 Å². The molecule has 1 fully saturated rings. The molecular weight excluding hydrogens is 260 g/mol. The van der Waals surface area contributed by atoms with E-state index in [9.17, 15) is 4.79 Å². The van der Waals surface area contributed by atoms with Crippen LogP contribution in [0.15, 0.2) is 6.07 Å². The molecule has 1 aromatic rings. The van der Waals surface area contributed by atoms with Crippen LogP contribution in [0.3, 0.4) is 0 Å².